The summed E-state index contributed by atoms with van der Waals surface area (Å²) in [6.07, 6.45) is 0.492. The minimum atomic E-state index is -3.91. The second-order valence-electron chi connectivity index (χ2n) is 8.94. The van der Waals surface area contributed by atoms with Gasteiger partial charge in [-0.25, -0.2) is 8.42 Å². The third kappa shape index (κ3) is 5.70. The van der Waals surface area contributed by atoms with Crippen LogP contribution in [0.15, 0.2) is 64.6 Å². The maximum atomic E-state index is 13.7. The number of hydrazone groups is 1. The fourth-order valence-corrected chi connectivity index (χ4v) is 6.82. The van der Waals surface area contributed by atoms with Gasteiger partial charge in [0.15, 0.2) is 0 Å². The predicted molar refractivity (Wildman–Crippen MR) is 146 cm³/mol. The summed E-state index contributed by atoms with van der Waals surface area (Å²) in [5, 5.41) is 5.37. The van der Waals surface area contributed by atoms with Crippen molar-refractivity contribution in [1.82, 2.24) is 10.1 Å². The molecule has 2 atom stereocenters. The number of hydrogen-bond acceptors (Lipinski definition) is 5. The SMILES string of the molecule is CCOc1ccc(C2CC(C(NS(=O)(=O)c3c(C)cc(C)cc3C)c3ccc(Cl)cc3Cl)=NN2)cc1. The van der Waals surface area contributed by atoms with Gasteiger partial charge in [-0.2, -0.15) is 9.82 Å². The van der Waals surface area contributed by atoms with Crippen LogP contribution in [-0.2, 0) is 10.0 Å². The first-order chi connectivity index (χ1) is 17.1. The van der Waals surface area contributed by atoms with Crippen molar-refractivity contribution in [2.45, 2.75) is 51.1 Å². The lowest BCUT2D eigenvalue weighted by Gasteiger charge is -2.22. The van der Waals surface area contributed by atoms with Crippen LogP contribution in [0.4, 0.5) is 0 Å². The molecule has 0 fully saturated rings. The lowest BCUT2D eigenvalue weighted by molar-refractivity contribution is 0.340. The van der Waals surface area contributed by atoms with Gasteiger partial charge in [0.05, 0.1) is 29.3 Å². The molecule has 3 aromatic rings. The van der Waals surface area contributed by atoms with Crippen molar-refractivity contribution >= 4 is 38.9 Å². The van der Waals surface area contributed by atoms with E-state index in [0.717, 1.165) is 16.9 Å². The zero-order valence-electron chi connectivity index (χ0n) is 20.6. The van der Waals surface area contributed by atoms with Crippen molar-refractivity contribution in [3.05, 3.63) is 92.5 Å². The van der Waals surface area contributed by atoms with E-state index in [-0.39, 0.29) is 10.9 Å². The Kier molecular flexibility index (Phi) is 7.95. The zero-order valence-corrected chi connectivity index (χ0v) is 22.9. The lowest BCUT2D eigenvalue weighted by atomic mass is 9.96. The molecule has 190 valence electrons. The molecule has 0 aromatic heterocycles. The third-order valence-corrected chi connectivity index (χ3v) is 8.41. The number of aryl methyl sites for hydroxylation is 3. The highest BCUT2D eigenvalue weighted by Gasteiger charge is 2.33. The molecule has 0 amide bonds. The second kappa shape index (κ2) is 10.8. The largest absolute Gasteiger partial charge is 0.494 e. The predicted octanol–water partition coefficient (Wildman–Crippen LogP) is 6.43. The molecule has 4 rings (SSSR count). The van der Waals surface area contributed by atoms with Crippen LogP contribution in [0.5, 0.6) is 5.75 Å². The standard InChI is InChI=1S/C27H29Cl2N3O3S/c1-5-35-21-9-6-19(7-10-21)24-15-25(31-30-24)26(22-11-8-20(28)14-23(22)29)32-36(33,34)27-17(3)12-16(2)13-18(27)4/h6-14,24,26,30,32H,5,15H2,1-4H3. The number of rotatable bonds is 8. The molecular formula is C27H29Cl2N3O3S. The molecular weight excluding hydrogens is 517 g/mol. The Balaban J connectivity index is 1.68. The average molecular weight is 547 g/mol. The molecule has 1 aliphatic heterocycles. The number of halogens is 2. The fraction of sp³-hybridized carbons (Fsp3) is 0.296. The van der Waals surface area contributed by atoms with Gasteiger partial charge in [-0.3, -0.25) is 0 Å². The third-order valence-electron chi connectivity index (χ3n) is 6.12. The molecule has 36 heavy (non-hydrogen) atoms. The van der Waals surface area contributed by atoms with E-state index in [1.54, 1.807) is 32.0 Å². The van der Waals surface area contributed by atoms with Crippen molar-refractivity contribution < 1.29 is 13.2 Å². The van der Waals surface area contributed by atoms with E-state index in [9.17, 15) is 8.42 Å². The summed E-state index contributed by atoms with van der Waals surface area (Å²) in [6, 6.07) is 15.7. The van der Waals surface area contributed by atoms with Crippen molar-refractivity contribution in [3.8, 4) is 5.75 Å². The van der Waals surface area contributed by atoms with Gasteiger partial charge in [-0.1, -0.05) is 59.1 Å². The molecule has 2 N–H and O–H groups in total. The minimum Gasteiger partial charge on any atom is -0.494 e. The van der Waals surface area contributed by atoms with Gasteiger partial charge >= 0.3 is 0 Å². The molecule has 0 spiro atoms. The normalized spacial score (nSPS) is 16.4. The topological polar surface area (TPSA) is 79.8 Å². The van der Waals surface area contributed by atoms with Crippen LogP contribution in [0.25, 0.3) is 0 Å². The number of nitrogens with one attached hydrogen (secondary N) is 2. The van der Waals surface area contributed by atoms with Crippen LogP contribution in [0.3, 0.4) is 0 Å². The molecule has 1 heterocycles. The van der Waals surface area contributed by atoms with Crippen LogP contribution in [0.2, 0.25) is 10.0 Å². The molecule has 0 radical (unpaired) electrons. The summed E-state index contributed by atoms with van der Waals surface area (Å²) in [5.41, 5.74) is 7.75. The number of hydrogen-bond donors (Lipinski definition) is 2. The van der Waals surface area contributed by atoms with Crippen molar-refractivity contribution in [2.75, 3.05) is 6.61 Å². The maximum absolute atomic E-state index is 13.7. The van der Waals surface area contributed by atoms with Gasteiger partial charge in [0.2, 0.25) is 10.0 Å². The Labute approximate surface area is 222 Å². The number of nitrogens with zero attached hydrogens (tertiary/aromatic N) is 1. The van der Waals surface area contributed by atoms with E-state index in [4.69, 9.17) is 27.9 Å². The summed E-state index contributed by atoms with van der Waals surface area (Å²) >= 11 is 12.7. The molecule has 2 unspecified atom stereocenters. The molecule has 0 saturated heterocycles. The van der Waals surface area contributed by atoms with Crippen molar-refractivity contribution in [1.29, 1.82) is 0 Å². The molecule has 9 heteroatoms. The van der Waals surface area contributed by atoms with Crippen LogP contribution in [-0.4, -0.2) is 20.7 Å². The minimum absolute atomic E-state index is 0.114. The van der Waals surface area contributed by atoms with Crippen molar-refractivity contribution in [3.63, 3.8) is 0 Å². The quantitative estimate of drug-likeness (QED) is 0.342. The lowest BCUT2D eigenvalue weighted by Crippen LogP contribution is -2.34. The van der Waals surface area contributed by atoms with Gasteiger partial charge in [0.1, 0.15) is 5.75 Å². The van der Waals surface area contributed by atoms with Crippen LogP contribution < -0.4 is 14.9 Å². The first-order valence-corrected chi connectivity index (χ1v) is 13.9. The molecule has 0 aliphatic carbocycles. The first kappa shape index (κ1) is 26.5. The highest BCUT2D eigenvalue weighted by atomic mass is 35.5. The van der Waals surface area contributed by atoms with Crippen LogP contribution in [0.1, 0.15) is 53.2 Å². The summed E-state index contributed by atoms with van der Waals surface area (Å²) in [6.45, 7) is 8.08. The first-order valence-electron chi connectivity index (χ1n) is 11.7. The van der Waals surface area contributed by atoms with E-state index >= 15 is 0 Å². The summed E-state index contributed by atoms with van der Waals surface area (Å²) in [5.74, 6) is 0.794. The van der Waals surface area contributed by atoms with E-state index in [1.165, 1.54) is 0 Å². The van der Waals surface area contributed by atoms with Gasteiger partial charge in [-0.05, 0) is 74.2 Å². The van der Waals surface area contributed by atoms with E-state index in [1.807, 2.05) is 50.2 Å². The Morgan fingerprint density at radius 2 is 1.72 bits per heavy atom. The fourth-order valence-electron chi connectivity index (χ4n) is 4.65. The Morgan fingerprint density at radius 3 is 2.33 bits per heavy atom. The zero-order chi connectivity index (χ0) is 26.0. The molecule has 0 saturated carbocycles. The highest BCUT2D eigenvalue weighted by Crippen LogP contribution is 2.34. The summed E-state index contributed by atoms with van der Waals surface area (Å²) in [4.78, 5) is 0.262. The number of benzene rings is 3. The van der Waals surface area contributed by atoms with Gasteiger partial charge in [-0.15, -0.1) is 0 Å². The molecule has 1 aliphatic rings. The summed E-state index contributed by atoms with van der Waals surface area (Å²) < 4.78 is 35.8. The van der Waals surface area contributed by atoms with Crippen molar-refractivity contribution in [2.24, 2.45) is 5.10 Å². The molecule has 3 aromatic carbocycles. The average Bonchev–Trinajstić information content (AvgIpc) is 3.28. The summed E-state index contributed by atoms with van der Waals surface area (Å²) in [7, 11) is -3.91. The maximum Gasteiger partial charge on any atom is 0.242 e. The Hall–Kier alpha value is -2.58. The van der Waals surface area contributed by atoms with Crippen LogP contribution in [0, 0.1) is 20.8 Å². The number of sulfonamides is 1. The second-order valence-corrected chi connectivity index (χ2v) is 11.4. The van der Waals surface area contributed by atoms with E-state index < -0.39 is 16.1 Å². The molecule has 6 nitrogen and oxygen atoms in total. The van der Waals surface area contributed by atoms with E-state index in [0.29, 0.717) is 45.5 Å². The van der Waals surface area contributed by atoms with Crippen LogP contribution >= 0.6 is 23.2 Å². The number of ether oxygens (including phenoxy) is 1. The van der Waals surface area contributed by atoms with E-state index in [2.05, 4.69) is 15.2 Å². The Morgan fingerprint density at radius 1 is 1.06 bits per heavy atom. The highest BCUT2D eigenvalue weighted by molar-refractivity contribution is 7.89. The monoisotopic (exact) mass is 545 g/mol. The Bertz CT molecular complexity index is 1380. The molecule has 0 bridgehead atoms. The smallest absolute Gasteiger partial charge is 0.242 e. The van der Waals surface area contributed by atoms with Gasteiger partial charge < -0.3 is 10.2 Å². The van der Waals surface area contributed by atoms with Gasteiger partial charge in [0.25, 0.3) is 0 Å². The van der Waals surface area contributed by atoms with Gasteiger partial charge in [0, 0.05) is 16.5 Å².